The molecule has 25 heavy (non-hydrogen) atoms. The summed E-state index contributed by atoms with van der Waals surface area (Å²) in [4.78, 5) is 10.9. The third kappa shape index (κ3) is 3.81. The molecule has 4 heterocycles. The Labute approximate surface area is 152 Å². The summed E-state index contributed by atoms with van der Waals surface area (Å²) < 4.78 is 11.8. The monoisotopic (exact) mass is 357 g/mol. The summed E-state index contributed by atoms with van der Waals surface area (Å²) in [5.74, 6) is 1.82. The van der Waals surface area contributed by atoms with Crippen LogP contribution in [0.4, 0.5) is 0 Å². The van der Waals surface area contributed by atoms with E-state index in [-0.39, 0.29) is 0 Å². The van der Waals surface area contributed by atoms with Crippen LogP contribution in [-0.2, 0) is 17.9 Å². The van der Waals surface area contributed by atoms with Crippen molar-refractivity contribution < 1.29 is 9.47 Å². The van der Waals surface area contributed by atoms with Gasteiger partial charge in [0, 0.05) is 54.3 Å². The molecule has 0 aliphatic carbocycles. The Morgan fingerprint density at radius 3 is 2.96 bits per heavy atom. The summed E-state index contributed by atoms with van der Waals surface area (Å²) in [5.41, 5.74) is 2.31. The first-order valence-electron chi connectivity index (χ1n) is 8.61. The number of pyridine rings is 2. The molecule has 2 aliphatic rings. The van der Waals surface area contributed by atoms with Gasteiger partial charge in [-0.15, -0.1) is 11.8 Å². The van der Waals surface area contributed by atoms with Crippen molar-refractivity contribution in [1.29, 1.82) is 0 Å². The standard InChI is InChI=1S/C19H23N3O2S/c1-23-18-16(5-3-7-21-18)10-22-13-19(14-22)8-17(12-25-19)24-11-15-4-2-6-20-9-15/h2-7,9,17H,8,10-14H2,1H3. The van der Waals surface area contributed by atoms with Crippen LogP contribution >= 0.6 is 11.8 Å². The molecule has 1 unspecified atom stereocenters. The number of likely N-dealkylation sites (tertiary alicyclic amines) is 1. The topological polar surface area (TPSA) is 47.5 Å². The van der Waals surface area contributed by atoms with Crippen molar-refractivity contribution in [2.24, 2.45) is 0 Å². The van der Waals surface area contributed by atoms with Crippen LogP contribution in [0.3, 0.4) is 0 Å². The van der Waals surface area contributed by atoms with Crippen molar-refractivity contribution in [3.05, 3.63) is 54.0 Å². The van der Waals surface area contributed by atoms with E-state index in [9.17, 15) is 0 Å². The first-order valence-corrected chi connectivity index (χ1v) is 9.60. The number of methoxy groups -OCH3 is 1. The van der Waals surface area contributed by atoms with E-state index in [1.165, 1.54) is 0 Å². The fourth-order valence-electron chi connectivity index (χ4n) is 3.68. The predicted octanol–water partition coefficient (Wildman–Crippen LogP) is 2.76. The number of thioether (sulfide) groups is 1. The van der Waals surface area contributed by atoms with Crippen molar-refractivity contribution in [1.82, 2.24) is 14.9 Å². The number of rotatable bonds is 6. The third-order valence-electron chi connectivity index (χ3n) is 4.84. The zero-order valence-electron chi connectivity index (χ0n) is 14.4. The Morgan fingerprint density at radius 2 is 2.16 bits per heavy atom. The maximum atomic E-state index is 6.10. The van der Waals surface area contributed by atoms with Gasteiger partial charge >= 0.3 is 0 Å². The molecule has 132 valence electrons. The van der Waals surface area contributed by atoms with E-state index >= 15 is 0 Å². The molecule has 2 saturated heterocycles. The quantitative estimate of drug-likeness (QED) is 0.792. The van der Waals surface area contributed by atoms with E-state index in [4.69, 9.17) is 9.47 Å². The minimum atomic E-state index is 0.347. The Morgan fingerprint density at radius 1 is 1.28 bits per heavy atom. The Bertz CT molecular complexity index is 707. The first-order chi connectivity index (χ1) is 12.3. The Hall–Kier alpha value is -1.63. The van der Waals surface area contributed by atoms with Crippen LogP contribution in [-0.4, -0.2) is 51.7 Å². The maximum Gasteiger partial charge on any atom is 0.217 e. The largest absolute Gasteiger partial charge is 0.481 e. The zero-order chi connectivity index (χ0) is 17.1. The summed E-state index contributed by atoms with van der Waals surface area (Å²) >= 11 is 2.07. The highest BCUT2D eigenvalue weighted by molar-refractivity contribution is 8.01. The zero-order valence-corrected chi connectivity index (χ0v) is 15.2. The lowest BCUT2D eigenvalue weighted by molar-refractivity contribution is 0.0261. The van der Waals surface area contributed by atoms with E-state index in [1.807, 2.05) is 18.3 Å². The van der Waals surface area contributed by atoms with Crippen molar-refractivity contribution in [3.8, 4) is 5.88 Å². The summed E-state index contributed by atoms with van der Waals surface area (Å²) in [5, 5.41) is 0. The van der Waals surface area contributed by atoms with Gasteiger partial charge in [0.15, 0.2) is 0 Å². The average molecular weight is 357 g/mol. The molecular weight excluding hydrogens is 334 g/mol. The molecule has 2 aromatic heterocycles. The van der Waals surface area contributed by atoms with E-state index in [0.29, 0.717) is 17.5 Å². The molecular formula is C19H23N3O2S. The molecule has 1 spiro atoms. The lowest BCUT2D eigenvalue weighted by Crippen LogP contribution is -2.58. The Balaban J connectivity index is 1.26. The molecule has 2 aliphatic heterocycles. The maximum absolute atomic E-state index is 6.10. The molecule has 4 rings (SSSR count). The Kier molecular flexibility index (Phi) is 4.92. The summed E-state index contributed by atoms with van der Waals surface area (Å²) in [6.45, 7) is 3.79. The number of hydrogen-bond donors (Lipinski definition) is 0. The van der Waals surface area contributed by atoms with Crippen molar-refractivity contribution in [3.63, 3.8) is 0 Å². The van der Waals surface area contributed by atoms with E-state index < -0.39 is 0 Å². The van der Waals surface area contributed by atoms with E-state index in [0.717, 1.165) is 48.8 Å². The summed E-state index contributed by atoms with van der Waals surface area (Å²) in [7, 11) is 1.68. The molecule has 0 aromatic carbocycles. The second-order valence-electron chi connectivity index (χ2n) is 6.81. The molecule has 2 fully saturated rings. The highest BCUT2D eigenvalue weighted by Gasteiger charge is 2.49. The van der Waals surface area contributed by atoms with Gasteiger partial charge in [0.05, 0.1) is 19.8 Å². The van der Waals surface area contributed by atoms with E-state index in [1.54, 1.807) is 19.5 Å². The van der Waals surface area contributed by atoms with Crippen LogP contribution in [0.2, 0.25) is 0 Å². The fraction of sp³-hybridized carbons (Fsp3) is 0.474. The number of hydrogen-bond acceptors (Lipinski definition) is 6. The van der Waals surface area contributed by atoms with E-state index in [2.05, 4.69) is 38.8 Å². The van der Waals surface area contributed by atoms with Gasteiger partial charge in [-0.05, 0) is 24.1 Å². The van der Waals surface area contributed by atoms with Crippen molar-refractivity contribution in [2.45, 2.75) is 30.4 Å². The van der Waals surface area contributed by atoms with Gasteiger partial charge in [-0.25, -0.2) is 4.98 Å². The van der Waals surface area contributed by atoms with Gasteiger partial charge in [-0.2, -0.15) is 0 Å². The number of ether oxygens (including phenoxy) is 2. The van der Waals surface area contributed by atoms with Crippen molar-refractivity contribution >= 4 is 11.8 Å². The van der Waals surface area contributed by atoms with Crippen molar-refractivity contribution in [2.75, 3.05) is 26.0 Å². The highest BCUT2D eigenvalue weighted by atomic mass is 32.2. The van der Waals surface area contributed by atoms with Crippen LogP contribution < -0.4 is 4.74 Å². The molecule has 6 heteroatoms. The molecule has 2 aromatic rings. The molecule has 1 atom stereocenters. The summed E-state index contributed by atoms with van der Waals surface area (Å²) in [6.07, 6.45) is 6.93. The van der Waals surface area contributed by atoms with Gasteiger partial charge in [0.2, 0.25) is 5.88 Å². The van der Waals surface area contributed by atoms with Gasteiger partial charge in [0.25, 0.3) is 0 Å². The number of aromatic nitrogens is 2. The molecule has 0 bridgehead atoms. The van der Waals surface area contributed by atoms with Gasteiger partial charge in [0.1, 0.15) is 0 Å². The molecule has 0 amide bonds. The third-order valence-corrected chi connectivity index (χ3v) is 6.42. The SMILES string of the molecule is COc1ncccc1CN1CC2(CC(OCc3cccnc3)CS2)C1. The molecule has 5 nitrogen and oxygen atoms in total. The average Bonchev–Trinajstić information content (AvgIpc) is 3.05. The molecule has 0 N–H and O–H groups in total. The number of nitrogens with zero attached hydrogens (tertiary/aromatic N) is 3. The van der Waals surface area contributed by atoms with Crippen LogP contribution in [0.15, 0.2) is 42.9 Å². The van der Waals surface area contributed by atoms with Gasteiger partial charge in [-0.3, -0.25) is 9.88 Å². The van der Waals surface area contributed by atoms with Crippen LogP contribution in [0.1, 0.15) is 17.5 Å². The first kappa shape index (κ1) is 16.8. The fourth-order valence-corrected chi connectivity index (χ4v) is 5.28. The van der Waals surface area contributed by atoms with Crippen LogP contribution in [0.5, 0.6) is 5.88 Å². The smallest absolute Gasteiger partial charge is 0.217 e. The van der Waals surface area contributed by atoms with Crippen LogP contribution in [0, 0.1) is 0 Å². The molecule has 0 saturated carbocycles. The lowest BCUT2D eigenvalue weighted by Gasteiger charge is -2.47. The minimum absolute atomic E-state index is 0.347. The highest BCUT2D eigenvalue weighted by Crippen LogP contribution is 2.46. The summed E-state index contributed by atoms with van der Waals surface area (Å²) in [6, 6.07) is 8.09. The minimum Gasteiger partial charge on any atom is -0.481 e. The predicted molar refractivity (Wildman–Crippen MR) is 98.7 cm³/mol. The molecule has 0 radical (unpaired) electrons. The lowest BCUT2D eigenvalue weighted by atomic mass is 9.92. The second-order valence-corrected chi connectivity index (χ2v) is 8.30. The normalized spacial score (nSPS) is 22.0. The van der Waals surface area contributed by atoms with Gasteiger partial charge in [-0.1, -0.05) is 12.1 Å². The second kappa shape index (κ2) is 7.32. The van der Waals surface area contributed by atoms with Crippen LogP contribution in [0.25, 0.3) is 0 Å². The van der Waals surface area contributed by atoms with Gasteiger partial charge < -0.3 is 9.47 Å².